The molecule has 1 aromatic rings. The Balaban J connectivity index is 3.10. The molecule has 0 unspecified atom stereocenters. The van der Waals surface area contributed by atoms with Gasteiger partial charge in [0.05, 0.1) is 10.5 Å². The lowest BCUT2D eigenvalue weighted by atomic mass is 10.1. The molecule has 0 bridgehead atoms. The number of carbonyl (C=O) groups excluding carboxylic acids is 1. The Bertz CT molecular complexity index is 429. The van der Waals surface area contributed by atoms with E-state index in [-0.39, 0.29) is 11.6 Å². The maximum atomic E-state index is 11.6. The number of nitro benzene ring substituents is 1. The average molecular weight is 224 g/mol. The Morgan fingerprint density at radius 1 is 1.50 bits per heavy atom. The van der Waals surface area contributed by atoms with Crippen LogP contribution in [0.2, 0.25) is 0 Å². The summed E-state index contributed by atoms with van der Waals surface area (Å²) in [5.74, 6) is -1.14. The number of benzene rings is 1. The quantitative estimate of drug-likeness (QED) is 0.600. The summed E-state index contributed by atoms with van der Waals surface area (Å²) in [5, 5.41) is 22.6. The van der Waals surface area contributed by atoms with Crippen molar-refractivity contribution in [2.24, 2.45) is 0 Å². The number of phenols is 1. The summed E-state index contributed by atoms with van der Waals surface area (Å²) >= 11 is 0. The zero-order valence-corrected chi connectivity index (χ0v) is 8.93. The van der Waals surface area contributed by atoms with Crippen molar-refractivity contribution >= 4 is 11.6 Å². The second-order valence-corrected chi connectivity index (χ2v) is 3.56. The van der Waals surface area contributed by atoms with Crippen molar-refractivity contribution in [1.29, 1.82) is 0 Å². The van der Waals surface area contributed by atoms with E-state index >= 15 is 0 Å². The average Bonchev–Trinajstić information content (AvgIpc) is 2.16. The molecule has 1 amide bonds. The molecule has 0 spiro atoms. The predicted octanol–water partition coefficient (Wildman–Crippen LogP) is 1.44. The molecular formula is C10H12N2O4. The fraction of sp³-hybridized carbons (Fsp3) is 0.300. The molecule has 0 radical (unpaired) electrons. The summed E-state index contributed by atoms with van der Waals surface area (Å²) in [6.07, 6.45) is 0. The third-order valence-corrected chi connectivity index (χ3v) is 1.88. The van der Waals surface area contributed by atoms with Crippen LogP contribution in [-0.4, -0.2) is 22.0 Å². The van der Waals surface area contributed by atoms with Crippen molar-refractivity contribution in [2.75, 3.05) is 0 Å². The number of rotatable bonds is 3. The molecule has 0 saturated heterocycles. The third kappa shape index (κ3) is 2.47. The number of hydrogen-bond acceptors (Lipinski definition) is 4. The monoisotopic (exact) mass is 224 g/mol. The van der Waals surface area contributed by atoms with Crippen LogP contribution in [0, 0.1) is 10.1 Å². The molecule has 1 rings (SSSR count). The summed E-state index contributed by atoms with van der Waals surface area (Å²) in [6.45, 7) is 3.51. The highest BCUT2D eigenvalue weighted by Crippen LogP contribution is 2.29. The molecule has 6 nitrogen and oxygen atoms in total. The van der Waals surface area contributed by atoms with Crippen LogP contribution >= 0.6 is 0 Å². The number of hydrogen-bond donors (Lipinski definition) is 2. The SMILES string of the molecule is CC(C)NC(=O)c1cccc([N+](=O)[O-])c1O. The van der Waals surface area contributed by atoms with Crippen LogP contribution in [0.5, 0.6) is 5.75 Å². The van der Waals surface area contributed by atoms with Gasteiger partial charge in [0.1, 0.15) is 0 Å². The molecule has 0 aliphatic rings. The number of nitrogens with one attached hydrogen (secondary N) is 1. The van der Waals surface area contributed by atoms with Crippen LogP contribution in [0.15, 0.2) is 18.2 Å². The molecule has 0 fully saturated rings. The molecule has 86 valence electrons. The second-order valence-electron chi connectivity index (χ2n) is 3.56. The van der Waals surface area contributed by atoms with Crippen LogP contribution in [0.25, 0.3) is 0 Å². The lowest BCUT2D eigenvalue weighted by Crippen LogP contribution is -2.30. The van der Waals surface area contributed by atoms with Crippen molar-refractivity contribution in [1.82, 2.24) is 5.32 Å². The number of nitro groups is 1. The van der Waals surface area contributed by atoms with Gasteiger partial charge in [0.2, 0.25) is 5.75 Å². The van der Waals surface area contributed by atoms with Crippen molar-refractivity contribution in [2.45, 2.75) is 19.9 Å². The standard InChI is InChI=1S/C10H12N2O4/c1-6(2)11-10(14)7-4-3-5-8(9(7)13)12(15)16/h3-6,13H,1-2H3,(H,11,14). The van der Waals surface area contributed by atoms with Crippen LogP contribution < -0.4 is 5.32 Å². The van der Waals surface area contributed by atoms with Crippen molar-refractivity contribution in [3.8, 4) is 5.75 Å². The summed E-state index contributed by atoms with van der Waals surface area (Å²) in [4.78, 5) is 21.4. The van der Waals surface area contributed by atoms with E-state index in [0.29, 0.717) is 0 Å². The van der Waals surface area contributed by atoms with Gasteiger partial charge in [-0.2, -0.15) is 0 Å². The third-order valence-electron chi connectivity index (χ3n) is 1.88. The fourth-order valence-corrected chi connectivity index (χ4v) is 1.20. The highest BCUT2D eigenvalue weighted by Gasteiger charge is 2.20. The van der Waals surface area contributed by atoms with E-state index in [1.807, 2.05) is 0 Å². The van der Waals surface area contributed by atoms with Gasteiger partial charge < -0.3 is 10.4 Å². The highest BCUT2D eigenvalue weighted by atomic mass is 16.6. The Morgan fingerprint density at radius 2 is 2.12 bits per heavy atom. The summed E-state index contributed by atoms with van der Waals surface area (Å²) in [7, 11) is 0. The van der Waals surface area contributed by atoms with Gasteiger partial charge in [0.25, 0.3) is 5.91 Å². The van der Waals surface area contributed by atoms with Gasteiger partial charge in [-0.1, -0.05) is 6.07 Å². The number of para-hydroxylation sites is 1. The van der Waals surface area contributed by atoms with Crippen LogP contribution in [0.1, 0.15) is 24.2 Å². The van der Waals surface area contributed by atoms with Crippen molar-refractivity contribution < 1.29 is 14.8 Å². The van der Waals surface area contributed by atoms with Gasteiger partial charge in [0.15, 0.2) is 0 Å². The van der Waals surface area contributed by atoms with E-state index in [1.165, 1.54) is 12.1 Å². The van der Waals surface area contributed by atoms with Gasteiger partial charge >= 0.3 is 5.69 Å². The maximum absolute atomic E-state index is 11.6. The van der Waals surface area contributed by atoms with Gasteiger partial charge in [-0.05, 0) is 19.9 Å². The summed E-state index contributed by atoms with van der Waals surface area (Å²) in [5.41, 5.74) is -0.570. The molecule has 2 N–H and O–H groups in total. The number of amides is 1. The minimum Gasteiger partial charge on any atom is -0.502 e. The van der Waals surface area contributed by atoms with Gasteiger partial charge in [-0.25, -0.2) is 0 Å². The minimum atomic E-state index is -0.735. The number of phenolic OH excluding ortho intramolecular Hbond substituents is 1. The zero-order valence-electron chi connectivity index (χ0n) is 8.93. The first-order valence-electron chi connectivity index (χ1n) is 4.70. The molecule has 6 heteroatoms. The molecule has 1 aromatic carbocycles. The molecule has 0 aliphatic heterocycles. The van der Waals surface area contributed by atoms with Gasteiger partial charge in [0, 0.05) is 12.1 Å². The lowest BCUT2D eigenvalue weighted by Gasteiger charge is -2.09. The normalized spacial score (nSPS) is 10.2. The molecule has 16 heavy (non-hydrogen) atoms. The van der Waals surface area contributed by atoms with E-state index in [0.717, 1.165) is 6.07 Å². The Hall–Kier alpha value is -2.11. The van der Waals surface area contributed by atoms with Crippen LogP contribution in [0.3, 0.4) is 0 Å². The fourth-order valence-electron chi connectivity index (χ4n) is 1.20. The predicted molar refractivity (Wildman–Crippen MR) is 57.4 cm³/mol. The maximum Gasteiger partial charge on any atom is 0.311 e. The van der Waals surface area contributed by atoms with Crippen LogP contribution in [-0.2, 0) is 0 Å². The highest BCUT2D eigenvalue weighted by molar-refractivity contribution is 5.98. The smallest absolute Gasteiger partial charge is 0.311 e. The molecule has 0 atom stereocenters. The molecule has 0 heterocycles. The zero-order chi connectivity index (χ0) is 12.3. The lowest BCUT2D eigenvalue weighted by molar-refractivity contribution is -0.385. The number of carbonyl (C=O) groups is 1. The number of aromatic hydroxyl groups is 1. The summed E-state index contributed by atoms with van der Waals surface area (Å²) < 4.78 is 0. The molecule has 0 saturated carbocycles. The Kier molecular flexibility index (Phi) is 3.44. The molecule has 0 aromatic heterocycles. The Morgan fingerprint density at radius 3 is 2.62 bits per heavy atom. The Labute approximate surface area is 92.0 Å². The van der Waals surface area contributed by atoms with Crippen LogP contribution in [0.4, 0.5) is 5.69 Å². The van der Waals surface area contributed by atoms with E-state index < -0.39 is 22.3 Å². The molecule has 0 aliphatic carbocycles. The molecular weight excluding hydrogens is 212 g/mol. The first kappa shape index (κ1) is 12.0. The first-order chi connectivity index (χ1) is 7.43. The minimum absolute atomic E-state index is 0.0945. The van der Waals surface area contributed by atoms with E-state index in [2.05, 4.69) is 5.32 Å². The van der Waals surface area contributed by atoms with Gasteiger partial charge in [-0.3, -0.25) is 14.9 Å². The van der Waals surface area contributed by atoms with Crippen molar-refractivity contribution in [3.63, 3.8) is 0 Å². The second kappa shape index (κ2) is 4.61. The first-order valence-corrected chi connectivity index (χ1v) is 4.70. The van der Waals surface area contributed by atoms with Gasteiger partial charge in [-0.15, -0.1) is 0 Å². The number of nitrogens with zero attached hydrogens (tertiary/aromatic N) is 1. The van der Waals surface area contributed by atoms with E-state index in [1.54, 1.807) is 13.8 Å². The van der Waals surface area contributed by atoms with E-state index in [9.17, 15) is 20.0 Å². The largest absolute Gasteiger partial charge is 0.502 e. The summed E-state index contributed by atoms with van der Waals surface area (Å²) in [6, 6.07) is 3.72. The van der Waals surface area contributed by atoms with E-state index in [4.69, 9.17) is 0 Å². The topological polar surface area (TPSA) is 92.5 Å². The van der Waals surface area contributed by atoms with Crippen molar-refractivity contribution in [3.05, 3.63) is 33.9 Å².